The summed E-state index contributed by atoms with van der Waals surface area (Å²) >= 11 is 9.32. The van der Waals surface area contributed by atoms with E-state index in [1.54, 1.807) is 17.8 Å². The van der Waals surface area contributed by atoms with Crippen molar-refractivity contribution >= 4 is 57.0 Å². The Labute approximate surface area is 180 Å². The van der Waals surface area contributed by atoms with E-state index in [1.807, 2.05) is 31.2 Å². The molecule has 0 amide bonds. The molecule has 1 atom stereocenters. The number of carboxylic acid groups (broad SMARTS) is 1. The molecule has 4 rings (SSSR count). The number of H-pyrrole nitrogens is 1. The SMILES string of the molecule is Cc1cccc(Cl)c1SCC1=NC(Cc2cc3ccc(F)cc3[nH]2)(C(=O)O)CS1. The third kappa shape index (κ3) is 4.17. The number of fused-ring (bicyclic) bond motifs is 1. The molecule has 0 radical (unpaired) electrons. The Bertz CT molecular complexity index is 1110. The monoisotopic (exact) mass is 448 g/mol. The van der Waals surface area contributed by atoms with Gasteiger partial charge in [-0.05, 0) is 48.2 Å². The predicted molar refractivity (Wildman–Crippen MR) is 119 cm³/mol. The topological polar surface area (TPSA) is 65.5 Å². The second-order valence-electron chi connectivity index (χ2n) is 7.01. The highest BCUT2D eigenvalue weighted by Gasteiger charge is 2.43. The molecule has 1 aromatic heterocycles. The fourth-order valence-electron chi connectivity index (χ4n) is 3.36. The van der Waals surface area contributed by atoms with Gasteiger partial charge in [-0.25, -0.2) is 9.18 Å². The van der Waals surface area contributed by atoms with Gasteiger partial charge in [-0.15, -0.1) is 23.5 Å². The van der Waals surface area contributed by atoms with Crippen LogP contribution in [0.2, 0.25) is 5.02 Å². The summed E-state index contributed by atoms with van der Waals surface area (Å²) in [5.41, 5.74) is 1.24. The van der Waals surface area contributed by atoms with Crippen molar-refractivity contribution < 1.29 is 14.3 Å². The fourth-order valence-corrected chi connectivity index (χ4v) is 6.02. The normalized spacial score (nSPS) is 18.9. The van der Waals surface area contributed by atoms with Crippen molar-refractivity contribution in [3.63, 3.8) is 0 Å². The zero-order valence-electron chi connectivity index (χ0n) is 15.5. The number of aromatic amines is 1. The molecule has 1 unspecified atom stereocenters. The van der Waals surface area contributed by atoms with E-state index in [0.29, 0.717) is 22.0 Å². The van der Waals surface area contributed by atoms with Gasteiger partial charge in [-0.1, -0.05) is 23.7 Å². The number of nitrogens with one attached hydrogen (secondary N) is 1. The summed E-state index contributed by atoms with van der Waals surface area (Å²) in [5.74, 6) is -0.350. The number of aromatic nitrogens is 1. The second kappa shape index (κ2) is 8.05. The molecule has 0 fully saturated rings. The van der Waals surface area contributed by atoms with Crippen LogP contribution in [0.15, 0.2) is 52.4 Å². The van der Waals surface area contributed by atoms with Gasteiger partial charge in [-0.3, -0.25) is 4.99 Å². The highest BCUT2D eigenvalue weighted by atomic mass is 35.5. The van der Waals surface area contributed by atoms with Gasteiger partial charge in [0.15, 0.2) is 5.54 Å². The van der Waals surface area contributed by atoms with Crippen molar-refractivity contribution in [2.75, 3.05) is 11.5 Å². The van der Waals surface area contributed by atoms with Crippen LogP contribution in [0.25, 0.3) is 10.9 Å². The maximum absolute atomic E-state index is 13.4. The minimum Gasteiger partial charge on any atom is -0.479 e. The minimum atomic E-state index is -1.23. The standard InChI is InChI=1S/C21H18ClFN2O2S2/c1-12-3-2-4-16(22)19(12)28-10-18-25-21(11-29-18,20(26)27)9-15-7-13-5-6-14(23)8-17(13)24-15/h2-8,24H,9-11H2,1H3,(H,26,27). The van der Waals surface area contributed by atoms with E-state index in [-0.39, 0.29) is 12.2 Å². The molecule has 29 heavy (non-hydrogen) atoms. The number of aryl methyl sites for hydroxylation is 1. The molecule has 4 nitrogen and oxygen atoms in total. The van der Waals surface area contributed by atoms with Crippen LogP contribution in [-0.4, -0.2) is 38.1 Å². The number of carboxylic acids is 1. The maximum atomic E-state index is 13.4. The van der Waals surface area contributed by atoms with Gasteiger partial charge < -0.3 is 10.1 Å². The first-order chi connectivity index (χ1) is 13.9. The Morgan fingerprint density at radius 3 is 2.97 bits per heavy atom. The minimum absolute atomic E-state index is 0.227. The Morgan fingerprint density at radius 1 is 1.38 bits per heavy atom. The molecule has 0 spiro atoms. The molecular formula is C21H18ClFN2O2S2. The van der Waals surface area contributed by atoms with Crippen molar-refractivity contribution in [1.82, 2.24) is 4.98 Å². The molecule has 0 aliphatic carbocycles. The quantitative estimate of drug-likeness (QED) is 0.483. The summed E-state index contributed by atoms with van der Waals surface area (Å²) in [6.45, 7) is 2.00. The van der Waals surface area contributed by atoms with Crippen molar-refractivity contribution in [2.24, 2.45) is 4.99 Å². The average Bonchev–Trinajstić information content (AvgIpc) is 3.25. The van der Waals surface area contributed by atoms with Gasteiger partial charge in [0, 0.05) is 34.0 Å². The number of nitrogens with zero attached hydrogens (tertiary/aromatic N) is 1. The summed E-state index contributed by atoms with van der Waals surface area (Å²) in [7, 11) is 0. The van der Waals surface area contributed by atoms with Crippen molar-refractivity contribution in [2.45, 2.75) is 23.8 Å². The van der Waals surface area contributed by atoms with E-state index in [4.69, 9.17) is 11.6 Å². The summed E-state index contributed by atoms with van der Waals surface area (Å²) in [6.07, 6.45) is 0.227. The zero-order valence-corrected chi connectivity index (χ0v) is 17.9. The Kier molecular flexibility index (Phi) is 5.64. The van der Waals surface area contributed by atoms with Crippen LogP contribution in [0.4, 0.5) is 4.39 Å². The van der Waals surface area contributed by atoms with Crippen molar-refractivity contribution in [1.29, 1.82) is 0 Å². The van der Waals surface area contributed by atoms with Gasteiger partial charge >= 0.3 is 5.97 Å². The summed E-state index contributed by atoms with van der Waals surface area (Å²) in [4.78, 5) is 20.8. The molecule has 3 aromatic rings. The first kappa shape index (κ1) is 20.3. The zero-order chi connectivity index (χ0) is 20.6. The molecule has 2 heterocycles. The number of benzene rings is 2. The van der Waals surface area contributed by atoms with Crippen molar-refractivity contribution in [3.05, 3.63) is 64.6 Å². The fraction of sp³-hybridized carbons (Fsp3) is 0.238. The van der Waals surface area contributed by atoms with E-state index >= 15 is 0 Å². The first-order valence-electron chi connectivity index (χ1n) is 8.96. The smallest absolute Gasteiger partial charge is 0.332 e. The molecule has 8 heteroatoms. The molecule has 150 valence electrons. The number of aliphatic imine (C=N–C) groups is 1. The predicted octanol–water partition coefficient (Wildman–Crippen LogP) is 5.57. The van der Waals surface area contributed by atoms with Crippen LogP contribution in [0.5, 0.6) is 0 Å². The highest BCUT2D eigenvalue weighted by molar-refractivity contribution is 8.16. The first-order valence-corrected chi connectivity index (χ1v) is 11.3. The highest BCUT2D eigenvalue weighted by Crippen LogP contribution is 2.36. The Balaban J connectivity index is 1.55. The molecule has 0 saturated heterocycles. The van der Waals surface area contributed by atoms with Gasteiger partial charge in [0.2, 0.25) is 0 Å². The maximum Gasteiger partial charge on any atom is 0.332 e. The van der Waals surface area contributed by atoms with Gasteiger partial charge in [0.25, 0.3) is 0 Å². The molecule has 0 saturated carbocycles. The lowest BCUT2D eigenvalue weighted by molar-refractivity contribution is -0.142. The molecule has 2 aromatic carbocycles. The van der Waals surface area contributed by atoms with Crippen molar-refractivity contribution in [3.8, 4) is 0 Å². The molecular weight excluding hydrogens is 431 g/mol. The number of rotatable bonds is 6. The number of carbonyl (C=O) groups is 1. The van der Waals surface area contributed by atoms with E-state index in [0.717, 1.165) is 26.6 Å². The van der Waals surface area contributed by atoms with Gasteiger partial charge in [0.1, 0.15) is 5.82 Å². The summed E-state index contributed by atoms with van der Waals surface area (Å²) in [5, 5.41) is 12.2. The van der Waals surface area contributed by atoms with E-state index in [1.165, 1.54) is 23.9 Å². The van der Waals surface area contributed by atoms with E-state index in [9.17, 15) is 14.3 Å². The Morgan fingerprint density at radius 2 is 2.21 bits per heavy atom. The van der Waals surface area contributed by atoms with E-state index in [2.05, 4.69) is 9.98 Å². The van der Waals surface area contributed by atoms with Gasteiger partial charge in [0.05, 0.1) is 10.1 Å². The third-order valence-corrected chi connectivity index (χ3v) is 7.89. The molecule has 2 N–H and O–H groups in total. The summed E-state index contributed by atoms with van der Waals surface area (Å²) < 4.78 is 13.4. The number of thioether (sulfide) groups is 2. The number of hydrogen-bond acceptors (Lipinski definition) is 4. The second-order valence-corrected chi connectivity index (χ2v) is 9.45. The molecule has 1 aliphatic heterocycles. The number of hydrogen-bond donors (Lipinski definition) is 2. The van der Waals surface area contributed by atoms with Crippen LogP contribution in [0.3, 0.4) is 0 Å². The third-order valence-electron chi connectivity index (χ3n) is 4.84. The lowest BCUT2D eigenvalue weighted by atomic mass is 9.96. The average molecular weight is 449 g/mol. The molecule has 0 bridgehead atoms. The lowest BCUT2D eigenvalue weighted by Crippen LogP contribution is -2.39. The van der Waals surface area contributed by atoms with Gasteiger partial charge in [-0.2, -0.15) is 0 Å². The van der Waals surface area contributed by atoms with Crippen LogP contribution in [0.1, 0.15) is 11.3 Å². The number of aliphatic carboxylic acids is 1. The summed E-state index contributed by atoms with van der Waals surface area (Å²) in [6, 6.07) is 12.1. The largest absolute Gasteiger partial charge is 0.479 e. The van der Waals surface area contributed by atoms with Crippen LogP contribution in [-0.2, 0) is 11.2 Å². The van der Waals surface area contributed by atoms with E-state index < -0.39 is 11.5 Å². The van der Waals surface area contributed by atoms with Crippen LogP contribution in [0, 0.1) is 12.7 Å². The van der Waals surface area contributed by atoms with Crippen LogP contribution >= 0.6 is 35.1 Å². The number of halogens is 2. The van der Waals surface area contributed by atoms with Crippen LogP contribution < -0.4 is 0 Å². The molecule has 1 aliphatic rings. The lowest BCUT2D eigenvalue weighted by Gasteiger charge is -2.19. The Hall–Kier alpha value is -1.96.